The summed E-state index contributed by atoms with van der Waals surface area (Å²) in [5, 5.41) is 14.0. The van der Waals surface area contributed by atoms with Gasteiger partial charge in [-0.3, -0.25) is 4.79 Å². The molecule has 0 fully saturated rings. The van der Waals surface area contributed by atoms with Crippen LogP contribution in [0.25, 0.3) is 0 Å². The zero-order valence-electron chi connectivity index (χ0n) is 12.7. The van der Waals surface area contributed by atoms with Gasteiger partial charge in [-0.15, -0.1) is 10.2 Å². The van der Waals surface area contributed by atoms with Gasteiger partial charge < -0.3 is 15.1 Å². The lowest BCUT2D eigenvalue weighted by Gasteiger charge is -2.04. The van der Waals surface area contributed by atoms with E-state index in [1.807, 2.05) is 6.07 Å². The topological polar surface area (TPSA) is 80.1 Å². The highest BCUT2D eigenvalue weighted by Gasteiger charge is 2.10. The Hall–Kier alpha value is -2.46. The molecule has 25 heavy (non-hydrogen) atoms. The maximum absolute atomic E-state index is 13.1. The molecular formula is C15H12F2N4O2S2. The van der Waals surface area contributed by atoms with Crippen molar-refractivity contribution >= 4 is 39.8 Å². The van der Waals surface area contributed by atoms with Gasteiger partial charge in [0.25, 0.3) is 0 Å². The molecule has 0 radical (unpaired) electrons. The Kier molecular flexibility index (Phi) is 5.61. The number of hydrogen-bond donors (Lipinski definition) is 2. The van der Waals surface area contributed by atoms with E-state index in [0.717, 1.165) is 24.0 Å². The van der Waals surface area contributed by atoms with E-state index in [4.69, 9.17) is 4.42 Å². The number of rotatable bonds is 7. The molecule has 2 heterocycles. The summed E-state index contributed by atoms with van der Waals surface area (Å²) >= 11 is 2.48. The smallest absolute Gasteiger partial charge is 0.234 e. The number of halogens is 2. The van der Waals surface area contributed by atoms with Crippen molar-refractivity contribution in [3.8, 4) is 0 Å². The van der Waals surface area contributed by atoms with E-state index in [1.165, 1.54) is 23.1 Å². The van der Waals surface area contributed by atoms with Crippen molar-refractivity contribution in [2.45, 2.75) is 10.9 Å². The number of hydrogen-bond acceptors (Lipinski definition) is 7. The van der Waals surface area contributed by atoms with Crippen LogP contribution in [0.4, 0.5) is 19.6 Å². The van der Waals surface area contributed by atoms with Gasteiger partial charge in [0.15, 0.2) is 4.34 Å². The SMILES string of the molecule is O=C(CSc1nnc(NCc2ccco2)s1)Nc1cc(F)cc(F)c1. The number of anilines is 2. The lowest BCUT2D eigenvalue weighted by Crippen LogP contribution is -2.14. The maximum Gasteiger partial charge on any atom is 0.234 e. The second-order valence-electron chi connectivity index (χ2n) is 4.80. The van der Waals surface area contributed by atoms with E-state index in [0.29, 0.717) is 16.0 Å². The van der Waals surface area contributed by atoms with Gasteiger partial charge in [0.1, 0.15) is 17.4 Å². The molecule has 130 valence electrons. The van der Waals surface area contributed by atoms with E-state index < -0.39 is 17.5 Å². The molecule has 0 spiro atoms. The van der Waals surface area contributed by atoms with Crippen molar-refractivity contribution in [2.24, 2.45) is 0 Å². The molecule has 6 nitrogen and oxygen atoms in total. The van der Waals surface area contributed by atoms with Crippen LogP contribution in [-0.4, -0.2) is 21.9 Å². The van der Waals surface area contributed by atoms with Gasteiger partial charge in [-0.2, -0.15) is 0 Å². The quantitative estimate of drug-likeness (QED) is 0.606. The Bertz CT molecular complexity index is 835. The second kappa shape index (κ2) is 8.08. The van der Waals surface area contributed by atoms with Crippen LogP contribution in [0.2, 0.25) is 0 Å². The number of benzene rings is 1. The number of amides is 1. The summed E-state index contributed by atoms with van der Waals surface area (Å²) in [5.41, 5.74) is 0.0705. The molecule has 0 unspecified atom stereocenters. The fourth-order valence-electron chi connectivity index (χ4n) is 1.87. The molecule has 2 N–H and O–H groups in total. The van der Waals surface area contributed by atoms with Crippen LogP contribution in [0.5, 0.6) is 0 Å². The van der Waals surface area contributed by atoms with Crippen molar-refractivity contribution in [2.75, 3.05) is 16.4 Å². The van der Waals surface area contributed by atoms with Crippen LogP contribution < -0.4 is 10.6 Å². The molecular weight excluding hydrogens is 370 g/mol. The molecule has 0 aliphatic carbocycles. The number of nitrogens with one attached hydrogen (secondary N) is 2. The first kappa shape index (κ1) is 17.4. The Labute approximate surface area is 149 Å². The summed E-state index contributed by atoms with van der Waals surface area (Å²) in [6.45, 7) is 0.484. The maximum atomic E-state index is 13.1. The molecule has 0 bridgehead atoms. The summed E-state index contributed by atoms with van der Waals surface area (Å²) in [7, 11) is 0. The molecule has 10 heteroatoms. The summed E-state index contributed by atoms with van der Waals surface area (Å²) in [6.07, 6.45) is 1.58. The summed E-state index contributed by atoms with van der Waals surface area (Å²) in [4.78, 5) is 11.8. The third-order valence-electron chi connectivity index (χ3n) is 2.87. The van der Waals surface area contributed by atoms with E-state index in [9.17, 15) is 13.6 Å². The highest BCUT2D eigenvalue weighted by molar-refractivity contribution is 8.01. The molecule has 1 aromatic carbocycles. The van der Waals surface area contributed by atoms with Crippen molar-refractivity contribution < 1.29 is 18.0 Å². The number of aromatic nitrogens is 2. The minimum Gasteiger partial charge on any atom is -0.467 e. The van der Waals surface area contributed by atoms with Crippen molar-refractivity contribution in [1.82, 2.24) is 10.2 Å². The zero-order chi connectivity index (χ0) is 17.6. The van der Waals surface area contributed by atoms with Gasteiger partial charge in [-0.1, -0.05) is 23.1 Å². The van der Waals surface area contributed by atoms with Crippen LogP contribution in [0, 0.1) is 11.6 Å². The van der Waals surface area contributed by atoms with E-state index >= 15 is 0 Å². The van der Waals surface area contributed by atoms with E-state index in [-0.39, 0.29) is 11.4 Å². The third-order valence-corrected chi connectivity index (χ3v) is 4.89. The van der Waals surface area contributed by atoms with Gasteiger partial charge in [-0.05, 0) is 24.3 Å². The predicted octanol–water partition coefficient (Wildman–Crippen LogP) is 3.75. The standard InChI is InChI=1S/C15H12F2N4O2S2/c16-9-4-10(17)6-11(5-9)19-13(22)8-24-15-21-20-14(25-15)18-7-12-2-1-3-23-12/h1-6H,7-8H2,(H,18,20)(H,19,22). The van der Waals surface area contributed by atoms with Gasteiger partial charge in [0.05, 0.1) is 18.6 Å². The summed E-state index contributed by atoms with van der Waals surface area (Å²) < 4.78 is 32.0. The van der Waals surface area contributed by atoms with Gasteiger partial charge in [-0.25, -0.2) is 8.78 Å². The van der Waals surface area contributed by atoms with E-state index in [1.54, 1.807) is 12.3 Å². The molecule has 3 rings (SSSR count). The molecule has 2 aromatic heterocycles. The Morgan fingerprint density at radius 1 is 1.24 bits per heavy atom. The number of carbonyl (C=O) groups excluding carboxylic acids is 1. The van der Waals surface area contributed by atoms with Crippen LogP contribution in [0.3, 0.4) is 0 Å². The molecule has 0 saturated heterocycles. The van der Waals surface area contributed by atoms with Crippen LogP contribution in [0.15, 0.2) is 45.4 Å². The minimum atomic E-state index is -0.751. The molecule has 1 amide bonds. The summed E-state index contributed by atoms with van der Waals surface area (Å²) in [5.74, 6) is -1.08. The van der Waals surface area contributed by atoms with Crippen molar-refractivity contribution in [3.63, 3.8) is 0 Å². The number of furan rings is 1. The Morgan fingerprint density at radius 2 is 2.04 bits per heavy atom. The first-order valence-corrected chi connectivity index (χ1v) is 8.87. The van der Waals surface area contributed by atoms with Crippen LogP contribution in [0.1, 0.15) is 5.76 Å². The number of carbonyl (C=O) groups is 1. The monoisotopic (exact) mass is 382 g/mol. The molecule has 0 atom stereocenters. The average Bonchev–Trinajstić information content (AvgIpc) is 3.21. The largest absolute Gasteiger partial charge is 0.467 e. The fourth-order valence-corrected chi connectivity index (χ4v) is 3.41. The van der Waals surface area contributed by atoms with Crippen LogP contribution in [-0.2, 0) is 11.3 Å². The Morgan fingerprint density at radius 3 is 2.76 bits per heavy atom. The minimum absolute atomic E-state index is 0.0466. The Balaban J connectivity index is 1.47. The first-order valence-electron chi connectivity index (χ1n) is 7.07. The molecule has 0 aliphatic rings. The van der Waals surface area contributed by atoms with Gasteiger partial charge >= 0.3 is 0 Å². The van der Waals surface area contributed by atoms with Gasteiger partial charge in [0, 0.05) is 11.8 Å². The normalized spacial score (nSPS) is 10.6. The first-order chi connectivity index (χ1) is 12.1. The average molecular weight is 382 g/mol. The highest BCUT2D eigenvalue weighted by atomic mass is 32.2. The lowest BCUT2D eigenvalue weighted by molar-refractivity contribution is -0.113. The van der Waals surface area contributed by atoms with Gasteiger partial charge in [0.2, 0.25) is 11.0 Å². The molecule has 0 aliphatic heterocycles. The van der Waals surface area contributed by atoms with Crippen LogP contribution >= 0.6 is 23.1 Å². The predicted molar refractivity (Wildman–Crippen MR) is 91.7 cm³/mol. The third kappa shape index (κ3) is 5.26. The lowest BCUT2D eigenvalue weighted by atomic mass is 10.3. The second-order valence-corrected chi connectivity index (χ2v) is 7.00. The fraction of sp³-hybridized carbons (Fsp3) is 0.133. The zero-order valence-corrected chi connectivity index (χ0v) is 14.3. The number of thioether (sulfide) groups is 1. The number of nitrogens with zero attached hydrogens (tertiary/aromatic N) is 2. The molecule has 3 aromatic rings. The van der Waals surface area contributed by atoms with E-state index in [2.05, 4.69) is 20.8 Å². The summed E-state index contributed by atoms with van der Waals surface area (Å²) in [6, 6.07) is 6.47. The van der Waals surface area contributed by atoms with Crippen molar-refractivity contribution in [3.05, 3.63) is 54.0 Å². The highest BCUT2D eigenvalue weighted by Crippen LogP contribution is 2.26. The molecule has 0 saturated carbocycles. The van der Waals surface area contributed by atoms with Crippen molar-refractivity contribution in [1.29, 1.82) is 0 Å².